The quantitative estimate of drug-likeness (QED) is 0.785. The lowest BCUT2D eigenvalue weighted by molar-refractivity contribution is 0.0690. The Kier molecular flexibility index (Phi) is 4.28. The van der Waals surface area contributed by atoms with Gasteiger partial charge in [-0.2, -0.15) is 0 Å². The number of nitrogens with zero attached hydrogens (tertiary/aromatic N) is 2. The van der Waals surface area contributed by atoms with Crippen molar-refractivity contribution in [3.8, 4) is 5.75 Å². The standard InChI is InChI=1S/C11H16N2O4/c1-12(2)4-5-17-9-6-10(14)13(3)7-8(9)11(15)16/h6-7H,4-5H2,1-3H3,(H,15,16). The number of hydrogen-bond donors (Lipinski definition) is 1. The third-order valence-electron chi connectivity index (χ3n) is 2.22. The Balaban J connectivity index is 2.93. The first-order valence-electron chi connectivity index (χ1n) is 5.13. The molecule has 1 heterocycles. The zero-order chi connectivity index (χ0) is 13.0. The van der Waals surface area contributed by atoms with E-state index in [1.165, 1.54) is 23.9 Å². The van der Waals surface area contributed by atoms with Crippen LogP contribution in [0.15, 0.2) is 17.1 Å². The number of aromatic nitrogens is 1. The highest BCUT2D eigenvalue weighted by molar-refractivity contribution is 5.90. The van der Waals surface area contributed by atoms with E-state index in [1.54, 1.807) is 0 Å². The number of pyridine rings is 1. The van der Waals surface area contributed by atoms with Gasteiger partial charge in [0.05, 0.1) is 0 Å². The van der Waals surface area contributed by atoms with Gasteiger partial charge in [-0.15, -0.1) is 0 Å². The molecule has 0 aliphatic heterocycles. The average molecular weight is 240 g/mol. The molecule has 1 aromatic heterocycles. The van der Waals surface area contributed by atoms with Gasteiger partial charge in [0.1, 0.15) is 17.9 Å². The molecule has 0 amide bonds. The van der Waals surface area contributed by atoms with Crippen LogP contribution in [0.4, 0.5) is 0 Å². The van der Waals surface area contributed by atoms with Gasteiger partial charge in [0.2, 0.25) is 0 Å². The summed E-state index contributed by atoms with van der Waals surface area (Å²) in [5, 5.41) is 8.98. The highest BCUT2D eigenvalue weighted by Crippen LogP contribution is 2.15. The molecule has 0 aliphatic carbocycles. The van der Waals surface area contributed by atoms with Crippen molar-refractivity contribution in [1.29, 1.82) is 0 Å². The zero-order valence-electron chi connectivity index (χ0n) is 10.1. The van der Waals surface area contributed by atoms with Crippen molar-refractivity contribution >= 4 is 5.97 Å². The molecular weight excluding hydrogens is 224 g/mol. The Bertz CT molecular complexity index is 465. The minimum Gasteiger partial charge on any atom is -0.491 e. The molecule has 0 saturated heterocycles. The second kappa shape index (κ2) is 5.49. The van der Waals surface area contributed by atoms with Crippen molar-refractivity contribution in [2.45, 2.75) is 0 Å². The summed E-state index contributed by atoms with van der Waals surface area (Å²) >= 11 is 0. The van der Waals surface area contributed by atoms with Crippen molar-refractivity contribution in [1.82, 2.24) is 9.47 Å². The number of aryl methyl sites for hydroxylation is 1. The summed E-state index contributed by atoms with van der Waals surface area (Å²) in [6.45, 7) is 0.981. The Hall–Kier alpha value is -1.82. The summed E-state index contributed by atoms with van der Waals surface area (Å²) in [5.41, 5.74) is -0.305. The number of hydrogen-bond acceptors (Lipinski definition) is 4. The zero-order valence-corrected chi connectivity index (χ0v) is 10.1. The smallest absolute Gasteiger partial charge is 0.340 e. The molecule has 0 unspecified atom stereocenters. The first kappa shape index (κ1) is 13.2. The third kappa shape index (κ3) is 3.60. The fraction of sp³-hybridized carbons (Fsp3) is 0.455. The molecule has 0 radical (unpaired) electrons. The maximum Gasteiger partial charge on any atom is 0.340 e. The molecule has 0 bridgehead atoms. The highest BCUT2D eigenvalue weighted by Gasteiger charge is 2.13. The van der Waals surface area contributed by atoms with Crippen LogP contribution in [0.3, 0.4) is 0 Å². The van der Waals surface area contributed by atoms with Crippen LogP contribution >= 0.6 is 0 Å². The Morgan fingerprint density at radius 3 is 2.71 bits per heavy atom. The lowest BCUT2D eigenvalue weighted by atomic mass is 10.2. The molecule has 1 aromatic rings. The van der Waals surface area contributed by atoms with Crippen LogP contribution in [0.2, 0.25) is 0 Å². The molecule has 6 heteroatoms. The second-order valence-electron chi connectivity index (χ2n) is 3.96. The minimum absolute atomic E-state index is 0.00847. The summed E-state index contributed by atoms with van der Waals surface area (Å²) < 4.78 is 6.52. The molecule has 0 aromatic carbocycles. The van der Waals surface area contributed by atoms with E-state index in [9.17, 15) is 9.59 Å². The van der Waals surface area contributed by atoms with Gasteiger partial charge in [0.15, 0.2) is 0 Å². The fourth-order valence-electron chi connectivity index (χ4n) is 1.23. The van der Waals surface area contributed by atoms with Crippen LogP contribution in [-0.2, 0) is 7.05 Å². The largest absolute Gasteiger partial charge is 0.491 e. The molecule has 94 valence electrons. The maximum atomic E-state index is 11.4. The Morgan fingerprint density at radius 1 is 1.53 bits per heavy atom. The monoisotopic (exact) mass is 240 g/mol. The van der Waals surface area contributed by atoms with Gasteiger partial charge in [-0.1, -0.05) is 0 Å². The summed E-state index contributed by atoms with van der Waals surface area (Å²) in [6, 6.07) is 1.19. The lowest BCUT2D eigenvalue weighted by Gasteiger charge is -2.12. The van der Waals surface area contributed by atoms with Crippen LogP contribution in [0, 0.1) is 0 Å². The van der Waals surface area contributed by atoms with Gasteiger partial charge >= 0.3 is 5.97 Å². The molecule has 0 aliphatic rings. The molecule has 17 heavy (non-hydrogen) atoms. The van der Waals surface area contributed by atoms with E-state index in [-0.39, 0.29) is 16.9 Å². The molecule has 0 spiro atoms. The second-order valence-corrected chi connectivity index (χ2v) is 3.96. The highest BCUT2D eigenvalue weighted by atomic mass is 16.5. The number of carboxylic acid groups (broad SMARTS) is 1. The Labute approximate surface area is 99.0 Å². The van der Waals surface area contributed by atoms with Crippen molar-refractivity contribution in [2.24, 2.45) is 7.05 Å². The van der Waals surface area contributed by atoms with Gasteiger partial charge in [-0.3, -0.25) is 4.79 Å². The number of carboxylic acids is 1. The SMILES string of the molecule is CN(C)CCOc1cc(=O)n(C)cc1C(=O)O. The van der Waals surface area contributed by atoms with Gasteiger partial charge < -0.3 is 19.3 Å². The summed E-state index contributed by atoms with van der Waals surface area (Å²) in [7, 11) is 5.26. The van der Waals surface area contributed by atoms with E-state index in [0.717, 1.165) is 0 Å². The summed E-state index contributed by atoms with van der Waals surface area (Å²) in [5.74, 6) is -0.997. The van der Waals surface area contributed by atoms with Crippen LogP contribution < -0.4 is 10.3 Å². The number of likely N-dealkylation sites (N-methyl/N-ethyl adjacent to an activating group) is 1. The van der Waals surface area contributed by atoms with Crippen LogP contribution in [0.25, 0.3) is 0 Å². The number of carbonyl (C=O) groups is 1. The summed E-state index contributed by atoms with van der Waals surface area (Å²) in [4.78, 5) is 24.3. The van der Waals surface area contributed by atoms with E-state index in [1.807, 2.05) is 19.0 Å². The van der Waals surface area contributed by atoms with Gasteiger partial charge in [0, 0.05) is 25.9 Å². The average Bonchev–Trinajstić information content (AvgIpc) is 2.22. The van der Waals surface area contributed by atoms with Gasteiger partial charge in [-0.05, 0) is 14.1 Å². The predicted octanol–water partition coefficient (Wildman–Crippen LogP) is 0.0239. The molecule has 0 saturated carbocycles. The van der Waals surface area contributed by atoms with Crippen molar-refractivity contribution in [3.63, 3.8) is 0 Å². The first-order valence-corrected chi connectivity index (χ1v) is 5.13. The number of aromatic carboxylic acids is 1. The van der Waals surface area contributed by atoms with Crippen molar-refractivity contribution in [3.05, 3.63) is 28.2 Å². The van der Waals surface area contributed by atoms with E-state index in [0.29, 0.717) is 13.2 Å². The van der Waals surface area contributed by atoms with E-state index in [2.05, 4.69) is 0 Å². The van der Waals surface area contributed by atoms with E-state index < -0.39 is 5.97 Å². The topological polar surface area (TPSA) is 71.8 Å². The van der Waals surface area contributed by atoms with Crippen LogP contribution in [0.5, 0.6) is 5.75 Å². The van der Waals surface area contributed by atoms with E-state index >= 15 is 0 Å². The molecule has 0 fully saturated rings. The van der Waals surface area contributed by atoms with E-state index in [4.69, 9.17) is 9.84 Å². The minimum atomic E-state index is -1.11. The fourth-order valence-corrected chi connectivity index (χ4v) is 1.23. The molecule has 1 N–H and O–H groups in total. The summed E-state index contributed by atoms with van der Waals surface area (Å²) in [6.07, 6.45) is 1.26. The van der Waals surface area contributed by atoms with Gasteiger partial charge in [0.25, 0.3) is 5.56 Å². The number of ether oxygens (including phenoxy) is 1. The molecule has 6 nitrogen and oxygen atoms in total. The van der Waals surface area contributed by atoms with Crippen molar-refractivity contribution < 1.29 is 14.6 Å². The first-order chi connectivity index (χ1) is 7.91. The number of rotatable bonds is 5. The molecule has 0 atom stereocenters. The molecule has 1 rings (SSSR count). The normalized spacial score (nSPS) is 10.6. The predicted molar refractivity (Wildman–Crippen MR) is 62.7 cm³/mol. The lowest BCUT2D eigenvalue weighted by Crippen LogP contribution is -2.22. The van der Waals surface area contributed by atoms with Crippen LogP contribution in [0.1, 0.15) is 10.4 Å². The van der Waals surface area contributed by atoms with Crippen molar-refractivity contribution in [2.75, 3.05) is 27.2 Å². The molecular formula is C11H16N2O4. The van der Waals surface area contributed by atoms with Crippen LogP contribution in [-0.4, -0.2) is 47.8 Å². The third-order valence-corrected chi connectivity index (χ3v) is 2.22. The Morgan fingerprint density at radius 2 is 2.18 bits per heavy atom. The van der Waals surface area contributed by atoms with Gasteiger partial charge in [-0.25, -0.2) is 4.79 Å². The maximum absolute atomic E-state index is 11.4.